The number of hydrogen-bond acceptors (Lipinski definition) is 1. The molecule has 3 heteroatoms. The molecule has 1 unspecified atom stereocenters. The van der Waals surface area contributed by atoms with Crippen molar-refractivity contribution in [3.8, 4) is 0 Å². The van der Waals surface area contributed by atoms with Crippen molar-refractivity contribution in [3.05, 3.63) is 12.3 Å². The molecule has 0 saturated carbocycles. The van der Waals surface area contributed by atoms with E-state index in [9.17, 15) is 9.18 Å². The van der Waals surface area contributed by atoms with Gasteiger partial charge >= 0.3 is 0 Å². The Labute approximate surface area is 60.1 Å². The fourth-order valence-corrected chi connectivity index (χ4v) is 0.367. The Hall–Kier alpha value is -0.860. The van der Waals surface area contributed by atoms with Crippen molar-refractivity contribution in [2.45, 2.75) is 26.4 Å². The van der Waals surface area contributed by atoms with Crippen LogP contribution in [0.4, 0.5) is 4.39 Å². The summed E-state index contributed by atoms with van der Waals surface area (Å²) in [5, 5.41) is 2.32. The van der Waals surface area contributed by atoms with Gasteiger partial charge in [0.25, 0.3) is 0 Å². The van der Waals surface area contributed by atoms with Crippen LogP contribution < -0.4 is 5.32 Å². The standard InChI is InChI=1S/C7H12FNO/c1-4-7(10)9-6(3)5(2)8/h5H,3-4H2,1-2H3,(H,9,10). The molecule has 0 saturated heterocycles. The van der Waals surface area contributed by atoms with E-state index in [2.05, 4.69) is 11.9 Å². The fourth-order valence-electron chi connectivity index (χ4n) is 0.367. The normalized spacial score (nSPS) is 12.3. The molecule has 0 heterocycles. The van der Waals surface area contributed by atoms with Crippen LogP contribution in [0.5, 0.6) is 0 Å². The minimum absolute atomic E-state index is 0.131. The molecule has 0 spiro atoms. The molecule has 0 rings (SSSR count). The summed E-state index contributed by atoms with van der Waals surface area (Å²) in [7, 11) is 0. The minimum Gasteiger partial charge on any atom is -0.328 e. The predicted octanol–water partition coefficient (Wildman–Crippen LogP) is 1.38. The molecule has 0 aromatic rings. The van der Waals surface area contributed by atoms with Crippen molar-refractivity contribution in [1.29, 1.82) is 0 Å². The highest BCUT2D eigenvalue weighted by Gasteiger charge is 2.05. The molecular formula is C7H12FNO. The van der Waals surface area contributed by atoms with Crippen LogP contribution in [-0.2, 0) is 4.79 Å². The van der Waals surface area contributed by atoms with Gasteiger partial charge in [-0.2, -0.15) is 0 Å². The molecule has 58 valence electrons. The average molecular weight is 145 g/mol. The molecule has 1 amide bonds. The lowest BCUT2D eigenvalue weighted by Gasteiger charge is -2.06. The SMILES string of the molecule is C=C(NC(=O)CC)C(C)F. The molecule has 10 heavy (non-hydrogen) atoms. The number of nitrogens with one attached hydrogen (secondary N) is 1. The van der Waals surface area contributed by atoms with E-state index in [1.54, 1.807) is 6.92 Å². The Morgan fingerprint density at radius 3 is 2.60 bits per heavy atom. The van der Waals surface area contributed by atoms with Gasteiger partial charge in [0.15, 0.2) is 0 Å². The Balaban J connectivity index is 3.69. The second kappa shape index (κ2) is 4.04. The van der Waals surface area contributed by atoms with Crippen molar-refractivity contribution in [3.63, 3.8) is 0 Å². The van der Waals surface area contributed by atoms with Crippen molar-refractivity contribution in [1.82, 2.24) is 5.32 Å². The Morgan fingerprint density at radius 2 is 2.30 bits per heavy atom. The van der Waals surface area contributed by atoms with E-state index in [4.69, 9.17) is 0 Å². The summed E-state index contributed by atoms with van der Waals surface area (Å²) in [5.74, 6) is -0.200. The smallest absolute Gasteiger partial charge is 0.223 e. The number of amides is 1. The largest absolute Gasteiger partial charge is 0.328 e. The predicted molar refractivity (Wildman–Crippen MR) is 38.1 cm³/mol. The van der Waals surface area contributed by atoms with Gasteiger partial charge < -0.3 is 5.32 Å². The maximum atomic E-state index is 12.3. The van der Waals surface area contributed by atoms with Crippen LogP contribution in [0, 0.1) is 0 Å². The van der Waals surface area contributed by atoms with Crippen LogP contribution >= 0.6 is 0 Å². The number of rotatable bonds is 3. The number of alkyl halides is 1. The third-order valence-electron chi connectivity index (χ3n) is 1.10. The Bertz CT molecular complexity index is 143. The van der Waals surface area contributed by atoms with Crippen molar-refractivity contribution in [2.75, 3.05) is 0 Å². The topological polar surface area (TPSA) is 29.1 Å². The van der Waals surface area contributed by atoms with E-state index in [0.717, 1.165) is 0 Å². The van der Waals surface area contributed by atoms with Crippen LogP contribution in [0.2, 0.25) is 0 Å². The first kappa shape index (κ1) is 9.14. The number of carbonyl (C=O) groups excluding carboxylic acids is 1. The van der Waals surface area contributed by atoms with Gasteiger partial charge in [0, 0.05) is 12.1 Å². The molecular weight excluding hydrogens is 133 g/mol. The summed E-state index contributed by atoms with van der Waals surface area (Å²) in [6, 6.07) is 0. The summed E-state index contributed by atoms with van der Waals surface area (Å²) in [5.41, 5.74) is 0.131. The number of halogens is 1. The maximum absolute atomic E-state index is 12.3. The van der Waals surface area contributed by atoms with Crippen molar-refractivity contribution < 1.29 is 9.18 Å². The lowest BCUT2D eigenvalue weighted by Crippen LogP contribution is -2.25. The third-order valence-corrected chi connectivity index (χ3v) is 1.10. The van der Waals surface area contributed by atoms with Crippen molar-refractivity contribution >= 4 is 5.91 Å². The van der Waals surface area contributed by atoms with Crippen LogP contribution in [-0.4, -0.2) is 12.1 Å². The summed E-state index contributed by atoms with van der Waals surface area (Å²) < 4.78 is 12.3. The van der Waals surface area contributed by atoms with E-state index < -0.39 is 6.17 Å². The summed E-state index contributed by atoms with van der Waals surface area (Å²) in [6.45, 7) is 6.37. The summed E-state index contributed by atoms with van der Waals surface area (Å²) >= 11 is 0. The van der Waals surface area contributed by atoms with Gasteiger partial charge in [-0.1, -0.05) is 13.5 Å². The molecule has 2 nitrogen and oxygen atoms in total. The molecule has 0 aliphatic rings. The lowest BCUT2D eigenvalue weighted by atomic mass is 10.3. The number of carbonyl (C=O) groups is 1. The zero-order valence-electron chi connectivity index (χ0n) is 6.28. The molecule has 1 atom stereocenters. The molecule has 1 N–H and O–H groups in total. The van der Waals surface area contributed by atoms with Crippen LogP contribution in [0.3, 0.4) is 0 Å². The van der Waals surface area contributed by atoms with Gasteiger partial charge in [-0.15, -0.1) is 0 Å². The van der Waals surface area contributed by atoms with Crippen LogP contribution in [0.15, 0.2) is 12.3 Å². The zero-order chi connectivity index (χ0) is 8.15. The quantitative estimate of drug-likeness (QED) is 0.638. The van der Waals surface area contributed by atoms with Gasteiger partial charge in [0.2, 0.25) is 5.91 Å². The third kappa shape index (κ3) is 3.22. The highest BCUT2D eigenvalue weighted by Crippen LogP contribution is 1.98. The molecule has 0 aromatic heterocycles. The van der Waals surface area contributed by atoms with Gasteiger partial charge in [0.1, 0.15) is 6.17 Å². The van der Waals surface area contributed by atoms with E-state index in [0.29, 0.717) is 6.42 Å². The average Bonchev–Trinajstić information content (AvgIpc) is 1.87. The molecule has 0 aromatic carbocycles. The van der Waals surface area contributed by atoms with E-state index >= 15 is 0 Å². The van der Waals surface area contributed by atoms with E-state index in [-0.39, 0.29) is 11.6 Å². The van der Waals surface area contributed by atoms with Crippen molar-refractivity contribution in [2.24, 2.45) is 0 Å². The second-order valence-electron chi connectivity index (χ2n) is 2.04. The van der Waals surface area contributed by atoms with Gasteiger partial charge in [-0.3, -0.25) is 4.79 Å². The van der Waals surface area contributed by atoms with Gasteiger partial charge in [-0.25, -0.2) is 4.39 Å². The van der Waals surface area contributed by atoms with Gasteiger partial charge in [0.05, 0.1) is 0 Å². The molecule has 0 aliphatic heterocycles. The molecule has 0 aliphatic carbocycles. The van der Waals surface area contributed by atoms with Crippen LogP contribution in [0.25, 0.3) is 0 Å². The molecule has 0 radical (unpaired) electrons. The highest BCUT2D eigenvalue weighted by atomic mass is 19.1. The minimum atomic E-state index is -1.17. The molecule has 0 fully saturated rings. The molecule has 0 bridgehead atoms. The second-order valence-corrected chi connectivity index (χ2v) is 2.04. The number of allylic oxidation sites excluding steroid dienone is 1. The fraction of sp³-hybridized carbons (Fsp3) is 0.571. The van der Waals surface area contributed by atoms with E-state index in [1.165, 1.54) is 6.92 Å². The monoisotopic (exact) mass is 145 g/mol. The first-order valence-electron chi connectivity index (χ1n) is 3.20. The first-order valence-corrected chi connectivity index (χ1v) is 3.20. The summed E-state index contributed by atoms with van der Waals surface area (Å²) in [4.78, 5) is 10.6. The first-order chi connectivity index (χ1) is 4.57. The number of hydrogen-bond donors (Lipinski definition) is 1. The Morgan fingerprint density at radius 1 is 1.80 bits per heavy atom. The van der Waals surface area contributed by atoms with E-state index in [1.807, 2.05) is 0 Å². The highest BCUT2D eigenvalue weighted by molar-refractivity contribution is 5.77. The maximum Gasteiger partial charge on any atom is 0.223 e. The zero-order valence-corrected chi connectivity index (χ0v) is 6.28. The van der Waals surface area contributed by atoms with Crippen LogP contribution in [0.1, 0.15) is 20.3 Å². The van der Waals surface area contributed by atoms with Gasteiger partial charge in [-0.05, 0) is 6.92 Å². The summed E-state index contributed by atoms with van der Waals surface area (Å²) in [6.07, 6.45) is -0.818. The lowest BCUT2D eigenvalue weighted by molar-refractivity contribution is -0.120. The Kier molecular flexibility index (Phi) is 3.69.